The highest BCUT2D eigenvalue weighted by atomic mass is 32.2. The Balaban J connectivity index is 1.95. The Morgan fingerprint density at radius 3 is 2.42 bits per heavy atom. The first kappa shape index (κ1) is 25.1. The van der Waals surface area contributed by atoms with Crippen LogP contribution in [0.2, 0.25) is 0 Å². The number of ether oxygens (including phenoxy) is 1. The number of nitrogens with one attached hydrogen (secondary N) is 2. The quantitative estimate of drug-likeness (QED) is 0.480. The van der Waals surface area contributed by atoms with Crippen LogP contribution in [0.15, 0.2) is 24.3 Å². The number of benzene rings is 1. The molecule has 0 radical (unpaired) electrons. The maximum atomic E-state index is 12.9. The van der Waals surface area contributed by atoms with Crippen LogP contribution in [0, 0.1) is 25.7 Å². The van der Waals surface area contributed by atoms with E-state index in [-0.39, 0.29) is 12.0 Å². The molecule has 2 N–H and O–H groups in total. The zero-order chi connectivity index (χ0) is 24.2. The van der Waals surface area contributed by atoms with E-state index in [1.807, 2.05) is 39.1 Å². The molecule has 1 aromatic carbocycles. The number of hydrogen-bond donors (Lipinski definition) is 2. The fourth-order valence-corrected chi connectivity index (χ4v) is 5.76. The van der Waals surface area contributed by atoms with Crippen molar-refractivity contribution < 1.29 is 17.9 Å². The van der Waals surface area contributed by atoms with Gasteiger partial charge in [-0.15, -0.1) is 0 Å². The number of nitrogens with zero attached hydrogens (tertiary/aromatic N) is 2. The average molecular weight is 475 g/mol. The number of aldehydes is 1. The van der Waals surface area contributed by atoms with Gasteiger partial charge in [0.05, 0.1) is 10.9 Å². The second-order valence-corrected chi connectivity index (χ2v) is 11.1. The van der Waals surface area contributed by atoms with E-state index in [4.69, 9.17) is 4.74 Å². The third kappa shape index (κ3) is 6.09. The molecule has 8 nitrogen and oxygen atoms in total. The molecule has 3 atom stereocenters. The minimum absolute atomic E-state index is 0.0495. The molecule has 33 heavy (non-hydrogen) atoms. The monoisotopic (exact) mass is 474 g/mol. The lowest BCUT2D eigenvalue weighted by atomic mass is 9.86. The Hall–Kier alpha value is -2.52. The molecule has 1 saturated carbocycles. The standard InChI is InChI=1S/C24H34N4O4S/c1-15(2)11-19(25-5)14-32-22-12-20(23-16(3)7-6-8-17(23)4)26-24(27-22)28-33(30,31)21-10-9-18(21)13-29/h6-8,12-13,15,18-19,21,25H,9-11,14H2,1-5H3,(H,26,27,28)/t18-,19+,21-/m0/s1. The van der Waals surface area contributed by atoms with Crippen LogP contribution < -0.4 is 14.8 Å². The molecule has 9 heteroatoms. The molecule has 0 amide bonds. The number of rotatable bonds is 11. The molecule has 0 aliphatic heterocycles. The highest BCUT2D eigenvalue weighted by Gasteiger charge is 2.41. The maximum absolute atomic E-state index is 12.9. The third-order valence-corrected chi connectivity index (χ3v) is 7.95. The summed E-state index contributed by atoms with van der Waals surface area (Å²) in [5.74, 6) is 0.251. The second kappa shape index (κ2) is 10.6. The maximum Gasteiger partial charge on any atom is 0.240 e. The van der Waals surface area contributed by atoms with Crippen LogP contribution in [0.25, 0.3) is 11.3 Å². The van der Waals surface area contributed by atoms with Gasteiger partial charge in [-0.05, 0) is 57.2 Å². The molecule has 180 valence electrons. The Morgan fingerprint density at radius 2 is 1.88 bits per heavy atom. The highest BCUT2D eigenvalue weighted by molar-refractivity contribution is 7.93. The molecule has 1 aliphatic carbocycles. The smallest absolute Gasteiger partial charge is 0.240 e. The van der Waals surface area contributed by atoms with Crippen molar-refractivity contribution >= 4 is 22.3 Å². The van der Waals surface area contributed by atoms with E-state index in [2.05, 4.69) is 33.9 Å². The number of carbonyl (C=O) groups is 1. The van der Waals surface area contributed by atoms with Crippen LogP contribution in [0.5, 0.6) is 5.88 Å². The van der Waals surface area contributed by atoms with E-state index in [1.165, 1.54) is 0 Å². The van der Waals surface area contributed by atoms with Crippen molar-refractivity contribution in [1.82, 2.24) is 15.3 Å². The van der Waals surface area contributed by atoms with Gasteiger partial charge >= 0.3 is 0 Å². The van der Waals surface area contributed by atoms with Gasteiger partial charge in [0.15, 0.2) is 0 Å². The molecule has 1 aliphatic rings. The third-order valence-electron chi connectivity index (χ3n) is 6.11. The van der Waals surface area contributed by atoms with E-state index < -0.39 is 21.2 Å². The Bertz CT molecular complexity index is 1070. The first-order chi connectivity index (χ1) is 15.6. The van der Waals surface area contributed by atoms with Crippen LogP contribution in [-0.4, -0.2) is 49.6 Å². The van der Waals surface area contributed by atoms with E-state index in [1.54, 1.807) is 6.07 Å². The summed E-state index contributed by atoms with van der Waals surface area (Å²) in [5.41, 5.74) is 3.52. The summed E-state index contributed by atoms with van der Waals surface area (Å²) >= 11 is 0. The second-order valence-electron chi connectivity index (χ2n) is 9.17. The van der Waals surface area contributed by atoms with Gasteiger partial charge in [0.2, 0.25) is 21.9 Å². The predicted molar refractivity (Wildman–Crippen MR) is 130 cm³/mol. The number of sulfonamides is 1. The first-order valence-corrected chi connectivity index (χ1v) is 12.9. The van der Waals surface area contributed by atoms with Crippen molar-refractivity contribution in [2.24, 2.45) is 11.8 Å². The van der Waals surface area contributed by atoms with Gasteiger partial charge in [-0.2, -0.15) is 4.98 Å². The van der Waals surface area contributed by atoms with Crippen molar-refractivity contribution in [2.45, 2.75) is 58.2 Å². The molecule has 1 heterocycles. The Kier molecular flexibility index (Phi) is 8.07. The highest BCUT2D eigenvalue weighted by Crippen LogP contribution is 2.33. The van der Waals surface area contributed by atoms with Crippen LogP contribution in [0.1, 0.15) is 44.2 Å². The molecule has 3 rings (SSSR count). The van der Waals surface area contributed by atoms with Crippen molar-refractivity contribution in [1.29, 1.82) is 0 Å². The van der Waals surface area contributed by atoms with Gasteiger partial charge in [0.25, 0.3) is 0 Å². The van der Waals surface area contributed by atoms with Crippen molar-refractivity contribution in [3.8, 4) is 17.1 Å². The summed E-state index contributed by atoms with van der Waals surface area (Å²) in [6.07, 6.45) is 2.66. The number of anilines is 1. The van der Waals surface area contributed by atoms with Gasteiger partial charge in [-0.1, -0.05) is 32.0 Å². The summed E-state index contributed by atoms with van der Waals surface area (Å²) in [6, 6.07) is 7.81. The zero-order valence-corrected chi connectivity index (χ0v) is 20.8. The largest absolute Gasteiger partial charge is 0.476 e. The minimum atomic E-state index is -3.80. The zero-order valence-electron chi connectivity index (χ0n) is 20.0. The van der Waals surface area contributed by atoms with E-state index in [0.29, 0.717) is 43.2 Å². The minimum Gasteiger partial charge on any atom is -0.476 e. The lowest BCUT2D eigenvalue weighted by molar-refractivity contribution is -0.112. The lowest BCUT2D eigenvalue weighted by Gasteiger charge is -2.31. The molecule has 0 spiro atoms. The Labute approximate surface area is 196 Å². The van der Waals surface area contributed by atoms with Gasteiger partial charge in [-0.25, -0.2) is 13.4 Å². The Morgan fingerprint density at radius 1 is 1.18 bits per heavy atom. The van der Waals surface area contributed by atoms with Crippen LogP contribution >= 0.6 is 0 Å². The SMILES string of the molecule is CN[C@@H](COc1cc(-c2c(C)cccc2C)nc(NS(=O)(=O)[C@H]2CC[C@H]2C=O)n1)CC(C)C. The van der Waals surface area contributed by atoms with Crippen molar-refractivity contribution in [3.63, 3.8) is 0 Å². The summed E-state index contributed by atoms with van der Waals surface area (Å²) in [7, 11) is -1.91. The van der Waals surface area contributed by atoms with Gasteiger partial charge in [0, 0.05) is 23.6 Å². The van der Waals surface area contributed by atoms with E-state index in [9.17, 15) is 13.2 Å². The lowest BCUT2D eigenvalue weighted by Crippen LogP contribution is -2.42. The predicted octanol–water partition coefficient (Wildman–Crippen LogP) is 3.49. The molecular formula is C24H34N4O4S. The molecule has 0 unspecified atom stereocenters. The van der Waals surface area contributed by atoms with E-state index in [0.717, 1.165) is 23.1 Å². The average Bonchev–Trinajstić information content (AvgIpc) is 2.69. The normalized spacial score (nSPS) is 19.1. The summed E-state index contributed by atoms with van der Waals surface area (Å²) < 4.78 is 34.3. The topological polar surface area (TPSA) is 110 Å². The number of hydrogen-bond acceptors (Lipinski definition) is 7. The van der Waals surface area contributed by atoms with Gasteiger partial charge in [-0.3, -0.25) is 4.72 Å². The first-order valence-electron chi connectivity index (χ1n) is 11.4. The van der Waals surface area contributed by atoms with Crippen LogP contribution in [0.4, 0.5) is 5.95 Å². The molecule has 0 saturated heterocycles. The molecule has 2 aromatic rings. The molecule has 1 fully saturated rings. The van der Waals surface area contributed by atoms with Crippen molar-refractivity contribution in [3.05, 3.63) is 35.4 Å². The van der Waals surface area contributed by atoms with Gasteiger partial charge in [0.1, 0.15) is 12.9 Å². The summed E-state index contributed by atoms with van der Waals surface area (Å²) in [5, 5.41) is 2.49. The number of carbonyl (C=O) groups excluding carboxylic acids is 1. The fourth-order valence-electron chi connectivity index (χ4n) is 4.15. The molecule has 0 bridgehead atoms. The number of aromatic nitrogens is 2. The molecular weight excluding hydrogens is 440 g/mol. The summed E-state index contributed by atoms with van der Waals surface area (Å²) in [6.45, 7) is 8.65. The van der Waals surface area contributed by atoms with Gasteiger partial charge < -0.3 is 14.8 Å². The number of likely N-dealkylation sites (N-methyl/N-ethyl adjacent to an activating group) is 1. The fraction of sp³-hybridized carbons (Fsp3) is 0.542. The van der Waals surface area contributed by atoms with Crippen molar-refractivity contribution in [2.75, 3.05) is 18.4 Å². The summed E-state index contributed by atoms with van der Waals surface area (Å²) in [4.78, 5) is 20.0. The molecule has 1 aromatic heterocycles. The van der Waals surface area contributed by atoms with E-state index >= 15 is 0 Å². The number of aryl methyl sites for hydroxylation is 2. The van der Waals surface area contributed by atoms with Crippen LogP contribution in [0.3, 0.4) is 0 Å². The van der Waals surface area contributed by atoms with Crippen LogP contribution in [-0.2, 0) is 14.8 Å².